The van der Waals surface area contributed by atoms with Crippen LogP contribution in [0.15, 0.2) is 23.8 Å². The zero-order chi connectivity index (χ0) is 12.2. The molecular weight excluding hydrogens is 220 g/mol. The fourth-order valence-corrected chi connectivity index (χ4v) is 2.33. The Bertz CT molecular complexity index is 583. The molecule has 0 spiro atoms. The van der Waals surface area contributed by atoms with Crippen LogP contribution in [0, 0.1) is 0 Å². The Labute approximate surface area is 97.5 Å². The summed E-state index contributed by atoms with van der Waals surface area (Å²) >= 11 is 0. The summed E-state index contributed by atoms with van der Waals surface area (Å²) in [6, 6.07) is 4.72. The maximum absolute atomic E-state index is 11.9. The maximum atomic E-state index is 11.9. The number of carbonyl (C=O) groups is 2. The predicted molar refractivity (Wildman–Crippen MR) is 59.5 cm³/mol. The van der Waals surface area contributed by atoms with Crippen LogP contribution in [0.5, 0.6) is 5.75 Å². The molecule has 1 aliphatic heterocycles. The molecule has 1 heterocycles. The number of benzene rings is 1. The van der Waals surface area contributed by atoms with Gasteiger partial charge in [-0.2, -0.15) is 0 Å². The Morgan fingerprint density at radius 2 is 2.06 bits per heavy atom. The fourth-order valence-electron chi connectivity index (χ4n) is 2.33. The molecule has 4 heteroatoms. The van der Waals surface area contributed by atoms with Crippen molar-refractivity contribution in [2.45, 2.75) is 19.4 Å². The smallest absolute Gasteiger partial charge is 0.237 e. The van der Waals surface area contributed by atoms with Crippen LogP contribution in [0.4, 0.5) is 0 Å². The van der Waals surface area contributed by atoms with Gasteiger partial charge in [0.25, 0.3) is 0 Å². The number of hydrogen-bond acceptors (Lipinski definition) is 4. The van der Waals surface area contributed by atoms with Crippen LogP contribution in [0.1, 0.15) is 29.3 Å². The van der Waals surface area contributed by atoms with E-state index in [1.807, 2.05) is 6.92 Å². The maximum Gasteiger partial charge on any atom is 0.237 e. The van der Waals surface area contributed by atoms with E-state index in [0.717, 1.165) is 0 Å². The van der Waals surface area contributed by atoms with Gasteiger partial charge in [0.05, 0.1) is 5.56 Å². The number of hydrogen-bond donors (Lipinski definition) is 1. The van der Waals surface area contributed by atoms with Crippen molar-refractivity contribution in [3.8, 4) is 5.75 Å². The van der Waals surface area contributed by atoms with E-state index in [9.17, 15) is 14.7 Å². The minimum atomic E-state index is -0.644. The quantitative estimate of drug-likeness (QED) is 0.689. The van der Waals surface area contributed by atoms with Gasteiger partial charge in [-0.05, 0) is 13.0 Å². The highest BCUT2D eigenvalue weighted by Crippen LogP contribution is 2.41. The molecule has 1 N–H and O–H groups in total. The third-order valence-electron chi connectivity index (χ3n) is 3.08. The second-order valence-corrected chi connectivity index (χ2v) is 4.30. The van der Waals surface area contributed by atoms with Crippen molar-refractivity contribution in [3.05, 3.63) is 34.9 Å². The van der Waals surface area contributed by atoms with Crippen molar-refractivity contribution in [1.82, 2.24) is 0 Å². The van der Waals surface area contributed by atoms with Crippen LogP contribution in [0.2, 0.25) is 0 Å². The first-order valence-electron chi connectivity index (χ1n) is 5.40. The number of carbonyl (C=O) groups excluding carboxylic acids is 2. The van der Waals surface area contributed by atoms with Crippen LogP contribution >= 0.6 is 0 Å². The molecule has 0 saturated carbocycles. The molecule has 0 aromatic heterocycles. The Balaban J connectivity index is 2.30. The molecule has 1 aromatic carbocycles. The zero-order valence-electron chi connectivity index (χ0n) is 9.19. The Morgan fingerprint density at radius 3 is 2.82 bits per heavy atom. The molecule has 2 aliphatic rings. The minimum Gasteiger partial charge on any atom is -0.507 e. The topological polar surface area (TPSA) is 63.6 Å². The number of phenols is 1. The SMILES string of the molecule is C[C@H]1CC2=C(O1)c1cccc(O)c1C(=O)C2=O. The number of ketones is 2. The summed E-state index contributed by atoms with van der Waals surface area (Å²) in [6.07, 6.45) is 0.347. The molecule has 1 aliphatic carbocycles. The summed E-state index contributed by atoms with van der Waals surface area (Å²) in [5, 5.41) is 9.68. The van der Waals surface area contributed by atoms with E-state index in [0.29, 0.717) is 23.3 Å². The van der Waals surface area contributed by atoms with Gasteiger partial charge in [-0.15, -0.1) is 0 Å². The highest BCUT2D eigenvalue weighted by molar-refractivity contribution is 6.52. The fraction of sp³-hybridized carbons (Fsp3) is 0.231. The van der Waals surface area contributed by atoms with Gasteiger partial charge >= 0.3 is 0 Å². The van der Waals surface area contributed by atoms with E-state index in [1.54, 1.807) is 12.1 Å². The minimum absolute atomic E-state index is 0.0605. The van der Waals surface area contributed by atoms with Crippen LogP contribution in [-0.4, -0.2) is 22.8 Å². The second kappa shape index (κ2) is 3.20. The summed E-state index contributed by atoms with van der Waals surface area (Å²) in [6.45, 7) is 1.85. The standard InChI is InChI=1S/C13H10O4/c1-6-5-8-11(15)12(16)10-7(13(8)17-6)3-2-4-9(10)14/h2-4,6,14H,5H2,1H3/t6-/m0/s1. The van der Waals surface area contributed by atoms with Crippen molar-refractivity contribution in [3.63, 3.8) is 0 Å². The van der Waals surface area contributed by atoms with Crippen molar-refractivity contribution in [2.24, 2.45) is 0 Å². The molecule has 0 bridgehead atoms. The van der Waals surface area contributed by atoms with Crippen molar-refractivity contribution in [1.29, 1.82) is 0 Å². The second-order valence-electron chi connectivity index (χ2n) is 4.30. The lowest BCUT2D eigenvalue weighted by atomic mass is 9.87. The largest absolute Gasteiger partial charge is 0.507 e. The molecule has 0 unspecified atom stereocenters. The Hall–Kier alpha value is -2.10. The van der Waals surface area contributed by atoms with Crippen molar-refractivity contribution >= 4 is 17.3 Å². The van der Waals surface area contributed by atoms with Crippen LogP contribution in [-0.2, 0) is 9.53 Å². The molecular formula is C13H10O4. The molecule has 0 saturated heterocycles. The van der Waals surface area contributed by atoms with Gasteiger partial charge in [0, 0.05) is 17.6 Å². The Morgan fingerprint density at radius 1 is 1.29 bits per heavy atom. The summed E-state index contributed by atoms with van der Waals surface area (Å²) in [5.41, 5.74) is 1.01. The highest BCUT2D eigenvalue weighted by atomic mass is 16.5. The van der Waals surface area contributed by atoms with Gasteiger partial charge in [0.1, 0.15) is 17.6 Å². The number of fused-ring (bicyclic) bond motifs is 2. The molecule has 0 amide bonds. The number of ether oxygens (including phenoxy) is 1. The monoisotopic (exact) mass is 230 g/mol. The van der Waals surface area contributed by atoms with E-state index in [1.165, 1.54) is 6.07 Å². The molecule has 17 heavy (non-hydrogen) atoms. The number of aromatic hydroxyl groups is 1. The molecule has 3 rings (SSSR count). The molecule has 0 fully saturated rings. The van der Waals surface area contributed by atoms with Crippen molar-refractivity contribution < 1.29 is 19.4 Å². The summed E-state index contributed by atoms with van der Waals surface area (Å²) in [5.74, 6) is -0.920. The average molecular weight is 230 g/mol. The van der Waals surface area contributed by atoms with E-state index in [-0.39, 0.29) is 17.4 Å². The van der Waals surface area contributed by atoms with E-state index < -0.39 is 11.6 Å². The first-order valence-corrected chi connectivity index (χ1v) is 5.40. The molecule has 4 nitrogen and oxygen atoms in total. The highest BCUT2D eigenvalue weighted by Gasteiger charge is 2.39. The lowest BCUT2D eigenvalue weighted by Crippen LogP contribution is -2.22. The third-order valence-corrected chi connectivity index (χ3v) is 3.08. The first-order chi connectivity index (χ1) is 8.09. The summed E-state index contributed by atoms with van der Waals surface area (Å²) < 4.78 is 5.56. The lowest BCUT2D eigenvalue weighted by Gasteiger charge is -2.16. The van der Waals surface area contributed by atoms with Crippen LogP contribution < -0.4 is 0 Å². The normalized spacial score (nSPS) is 22.3. The number of phenolic OH excluding ortho intramolecular Hbond substituents is 1. The molecule has 1 aromatic rings. The number of rotatable bonds is 0. The van der Waals surface area contributed by atoms with Crippen LogP contribution in [0.3, 0.4) is 0 Å². The van der Waals surface area contributed by atoms with Gasteiger partial charge < -0.3 is 9.84 Å². The average Bonchev–Trinajstić information content (AvgIpc) is 2.68. The van der Waals surface area contributed by atoms with Gasteiger partial charge in [-0.25, -0.2) is 0 Å². The molecule has 1 atom stereocenters. The lowest BCUT2D eigenvalue weighted by molar-refractivity contribution is -0.112. The van der Waals surface area contributed by atoms with E-state index >= 15 is 0 Å². The van der Waals surface area contributed by atoms with Gasteiger partial charge in [-0.1, -0.05) is 12.1 Å². The van der Waals surface area contributed by atoms with Gasteiger partial charge in [0.2, 0.25) is 11.6 Å². The molecule has 0 radical (unpaired) electrons. The summed E-state index contributed by atoms with van der Waals surface area (Å²) in [7, 11) is 0. The number of Topliss-reactive ketones (excluding diaryl/α,β-unsaturated/α-hetero) is 2. The first kappa shape index (κ1) is 10.1. The van der Waals surface area contributed by atoms with E-state index in [2.05, 4.69) is 0 Å². The zero-order valence-corrected chi connectivity index (χ0v) is 9.19. The predicted octanol–water partition coefficient (Wildman–Crippen LogP) is 1.68. The Kier molecular flexibility index (Phi) is 1.90. The van der Waals surface area contributed by atoms with Crippen LogP contribution in [0.25, 0.3) is 5.76 Å². The van der Waals surface area contributed by atoms with Gasteiger partial charge in [-0.3, -0.25) is 9.59 Å². The third kappa shape index (κ3) is 1.24. The van der Waals surface area contributed by atoms with Crippen molar-refractivity contribution in [2.75, 3.05) is 0 Å². The van der Waals surface area contributed by atoms with Gasteiger partial charge in [0.15, 0.2) is 0 Å². The summed E-state index contributed by atoms with van der Waals surface area (Å²) in [4.78, 5) is 23.8. The van der Waals surface area contributed by atoms with E-state index in [4.69, 9.17) is 4.74 Å². The molecule has 86 valence electrons.